The molecule has 0 aliphatic rings. The van der Waals surface area contributed by atoms with Gasteiger partial charge < -0.3 is 28.2 Å². The first-order valence-electron chi connectivity index (χ1n) is 11.4. The Morgan fingerprint density at radius 2 is 1.45 bits per heavy atom. The van der Waals surface area contributed by atoms with Crippen LogP contribution >= 0.6 is 0 Å². The summed E-state index contributed by atoms with van der Waals surface area (Å²) in [6, 6.07) is 4.57. The molecular weight excluding hydrogens is 473 g/mol. The average molecular weight is 515 g/mol. The van der Waals surface area contributed by atoms with Gasteiger partial charge in [-0.2, -0.15) is 0 Å². The lowest BCUT2D eigenvalue weighted by Gasteiger charge is -2.31. The van der Waals surface area contributed by atoms with Crippen LogP contribution in [0.2, 0.25) is 45.3 Å². The van der Waals surface area contributed by atoms with E-state index >= 15 is 0 Å². The number of methoxy groups -OCH3 is 3. The number of hydrogen-bond acceptors (Lipinski definition) is 6. The van der Waals surface area contributed by atoms with Gasteiger partial charge in [-0.15, -0.1) is 0 Å². The van der Waals surface area contributed by atoms with E-state index in [2.05, 4.69) is 39.3 Å². The molecule has 0 saturated heterocycles. The molecule has 0 fully saturated rings. The van der Waals surface area contributed by atoms with Crippen LogP contribution in [0.5, 0.6) is 17.2 Å². The molecule has 0 aromatic heterocycles. The van der Waals surface area contributed by atoms with Crippen LogP contribution in [-0.2, 0) is 13.6 Å². The molecule has 10 heteroatoms. The van der Waals surface area contributed by atoms with Crippen LogP contribution in [0.15, 0.2) is 17.7 Å². The highest BCUT2D eigenvalue weighted by atomic mass is 28.4. The van der Waals surface area contributed by atoms with Gasteiger partial charge >= 0.3 is 5.97 Å². The summed E-state index contributed by atoms with van der Waals surface area (Å²) in [6.07, 6.45) is 3.94. The minimum absolute atomic E-state index is 0.0305. The molecular formula is C23H42O7Si3. The summed E-state index contributed by atoms with van der Waals surface area (Å²) in [4.78, 5) is 11.8. The quantitative estimate of drug-likeness (QED) is 0.154. The third kappa shape index (κ3) is 11.4. The normalized spacial score (nSPS) is 13.1. The Balaban J connectivity index is 2.79. The second-order valence-corrected chi connectivity index (χ2v) is 20.8. The molecule has 0 aliphatic heterocycles. The Kier molecular flexibility index (Phi) is 11.9. The van der Waals surface area contributed by atoms with E-state index in [0.29, 0.717) is 34.8 Å². The summed E-state index contributed by atoms with van der Waals surface area (Å²) < 4.78 is 28.7. The Labute approximate surface area is 203 Å². The summed E-state index contributed by atoms with van der Waals surface area (Å²) in [5.74, 6) is 0.527. The molecule has 1 aromatic carbocycles. The Morgan fingerprint density at radius 1 is 0.939 bits per heavy atom. The highest BCUT2D eigenvalue weighted by molar-refractivity contribution is 6.71. The Bertz CT molecular complexity index is 757. The van der Waals surface area contributed by atoms with Crippen LogP contribution in [0.1, 0.15) is 24.8 Å². The summed E-state index contributed by atoms with van der Waals surface area (Å²) in [5.41, 5.74) is 1.06. The third-order valence-electron chi connectivity index (χ3n) is 4.66. The van der Waals surface area contributed by atoms with Crippen molar-refractivity contribution in [1.82, 2.24) is 0 Å². The molecule has 0 aliphatic carbocycles. The van der Waals surface area contributed by atoms with Crippen molar-refractivity contribution >= 4 is 38.2 Å². The zero-order chi connectivity index (χ0) is 25.2. The van der Waals surface area contributed by atoms with E-state index < -0.39 is 32.1 Å². The lowest BCUT2D eigenvalue weighted by atomic mass is 10.0. The predicted octanol–water partition coefficient (Wildman–Crippen LogP) is 4.92. The van der Waals surface area contributed by atoms with Gasteiger partial charge in [0.15, 0.2) is 28.1 Å². The van der Waals surface area contributed by atoms with E-state index in [4.69, 9.17) is 23.1 Å². The molecule has 0 bridgehead atoms. The molecule has 33 heavy (non-hydrogen) atoms. The molecule has 0 heterocycles. The summed E-state index contributed by atoms with van der Waals surface area (Å²) in [7, 11) is 0.704. The van der Waals surface area contributed by atoms with Crippen LogP contribution in [0.3, 0.4) is 0 Å². The maximum absolute atomic E-state index is 11.8. The summed E-state index contributed by atoms with van der Waals surface area (Å²) in [6.45, 7) is 13.1. The zero-order valence-corrected chi connectivity index (χ0v) is 25.2. The fraction of sp³-hybridized carbons (Fsp3) is 0.609. The van der Waals surface area contributed by atoms with Crippen molar-refractivity contribution in [1.29, 1.82) is 0 Å². The first kappa shape index (κ1) is 29.4. The first-order chi connectivity index (χ1) is 15.3. The Hall–Kier alpha value is -1.60. The molecule has 0 saturated carbocycles. The molecule has 0 amide bonds. The van der Waals surface area contributed by atoms with Gasteiger partial charge in [0, 0.05) is 5.57 Å². The smallest absolute Gasteiger partial charge is 0.331 e. The molecule has 188 valence electrons. The number of carboxylic acids is 1. The lowest BCUT2D eigenvalue weighted by Crippen LogP contribution is -2.42. The van der Waals surface area contributed by atoms with Crippen molar-refractivity contribution < 1.29 is 33.0 Å². The van der Waals surface area contributed by atoms with Gasteiger partial charge in [-0.25, -0.2) is 4.79 Å². The molecule has 0 radical (unpaired) electrons. The summed E-state index contributed by atoms with van der Waals surface area (Å²) >= 11 is 0. The molecule has 7 nitrogen and oxygen atoms in total. The second-order valence-electron chi connectivity index (χ2n) is 9.92. The van der Waals surface area contributed by atoms with Crippen LogP contribution in [0.4, 0.5) is 0 Å². The Morgan fingerprint density at radius 3 is 1.85 bits per heavy atom. The van der Waals surface area contributed by atoms with E-state index in [1.807, 2.05) is 0 Å². The number of aliphatic carboxylic acids is 1. The zero-order valence-electron chi connectivity index (χ0n) is 21.7. The van der Waals surface area contributed by atoms with Gasteiger partial charge in [0.25, 0.3) is 0 Å². The molecule has 0 unspecified atom stereocenters. The lowest BCUT2D eigenvalue weighted by molar-refractivity contribution is -0.132. The molecule has 0 spiro atoms. The van der Waals surface area contributed by atoms with Crippen molar-refractivity contribution in [2.45, 2.75) is 70.5 Å². The van der Waals surface area contributed by atoms with Gasteiger partial charge in [0.05, 0.1) is 30.8 Å². The van der Waals surface area contributed by atoms with Gasteiger partial charge in [0.1, 0.15) is 5.91 Å². The van der Waals surface area contributed by atoms with Crippen molar-refractivity contribution in [3.05, 3.63) is 23.3 Å². The number of carboxylic acid groups (broad SMARTS) is 1. The number of unbranched alkanes of at least 4 members (excludes halogenated alkanes) is 1. The van der Waals surface area contributed by atoms with Crippen molar-refractivity contribution in [3.63, 3.8) is 0 Å². The second kappa shape index (κ2) is 13.3. The van der Waals surface area contributed by atoms with Crippen molar-refractivity contribution in [2.75, 3.05) is 21.3 Å². The molecule has 1 rings (SSSR count). The van der Waals surface area contributed by atoms with Gasteiger partial charge in [-0.1, -0.05) is 12.5 Å². The maximum Gasteiger partial charge on any atom is 0.331 e. The standard InChI is InChI=1S/C23H42O7Si3/c1-26-19-15-17(16-20(27-2)21(19)28-3)14-18(22(24)25)12-10-11-13-31-23(29-32(4,5)6)30-33(7,8)9/h14-16,23H,10-13,31H2,1-9H3,(H,24,25). The van der Waals surface area contributed by atoms with E-state index in [1.54, 1.807) is 18.2 Å². The summed E-state index contributed by atoms with van der Waals surface area (Å²) in [5, 5.41) is 9.71. The predicted molar refractivity (Wildman–Crippen MR) is 142 cm³/mol. The van der Waals surface area contributed by atoms with Crippen LogP contribution < -0.4 is 14.2 Å². The van der Waals surface area contributed by atoms with Crippen LogP contribution in [-0.4, -0.2) is 64.5 Å². The van der Waals surface area contributed by atoms with E-state index in [9.17, 15) is 9.90 Å². The largest absolute Gasteiger partial charge is 0.493 e. The van der Waals surface area contributed by atoms with Gasteiger partial charge in [0.2, 0.25) is 5.75 Å². The fourth-order valence-corrected chi connectivity index (χ4v) is 10.0. The number of carbonyl (C=O) groups is 1. The number of benzene rings is 1. The fourth-order valence-electron chi connectivity index (χ4n) is 3.36. The third-order valence-corrected chi connectivity index (χ3v) is 8.98. The first-order valence-corrected chi connectivity index (χ1v) is 20.0. The number of hydrogen-bond donors (Lipinski definition) is 1. The monoisotopic (exact) mass is 514 g/mol. The SMILES string of the molecule is COc1cc(C=C(CCCC[SiH2]C(O[Si](C)(C)C)O[Si](C)(C)C)C(=O)O)cc(OC)c1OC. The van der Waals surface area contributed by atoms with E-state index in [0.717, 1.165) is 18.9 Å². The highest BCUT2D eigenvalue weighted by Gasteiger charge is 2.26. The van der Waals surface area contributed by atoms with Crippen molar-refractivity contribution in [2.24, 2.45) is 0 Å². The molecule has 0 atom stereocenters. The average Bonchev–Trinajstić information content (AvgIpc) is 2.69. The van der Waals surface area contributed by atoms with E-state index in [1.165, 1.54) is 21.3 Å². The van der Waals surface area contributed by atoms with E-state index in [-0.39, 0.29) is 5.91 Å². The highest BCUT2D eigenvalue weighted by Crippen LogP contribution is 2.38. The maximum atomic E-state index is 11.8. The molecule has 1 aromatic rings. The van der Waals surface area contributed by atoms with Crippen molar-refractivity contribution in [3.8, 4) is 17.2 Å². The number of ether oxygens (including phenoxy) is 3. The van der Waals surface area contributed by atoms with Gasteiger partial charge in [-0.05, 0) is 75.9 Å². The van der Waals surface area contributed by atoms with Gasteiger partial charge in [-0.3, -0.25) is 0 Å². The van der Waals surface area contributed by atoms with Crippen LogP contribution in [0.25, 0.3) is 6.08 Å². The minimum atomic E-state index is -1.67. The topological polar surface area (TPSA) is 83.5 Å². The number of rotatable bonds is 15. The minimum Gasteiger partial charge on any atom is -0.493 e. The van der Waals surface area contributed by atoms with Crippen LogP contribution in [0, 0.1) is 0 Å². The molecule has 1 N–H and O–H groups in total.